The molecule has 0 aliphatic carbocycles. The fourth-order valence-electron chi connectivity index (χ4n) is 4.00. The van der Waals surface area contributed by atoms with E-state index in [4.69, 9.17) is 11.6 Å². The Morgan fingerprint density at radius 3 is 2.34 bits per heavy atom. The molecule has 0 saturated heterocycles. The van der Waals surface area contributed by atoms with E-state index in [0.717, 1.165) is 41.5 Å². The van der Waals surface area contributed by atoms with Gasteiger partial charge in [0.2, 0.25) is 10.0 Å². The average Bonchev–Trinajstić information content (AvgIpc) is 3.35. The van der Waals surface area contributed by atoms with Gasteiger partial charge in [-0.2, -0.15) is 4.31 Å². The quantitative estimate of drug-likeness (QED) is 0.187. The van der Waals surface area contributed by atoms with Crippen LogP contribution in [-0.4, -0.2) is 41.7 Å². The molecule has 4 aromatic rings. The van der Waals surface area contributed by atoms with Gasteiger partial charge in [0.1, 0.15) is 0 Å². The molecule has 0 aliphatic rings. The van der Waals surface area contributed by atoms with E-state index < -0.39 is 10.0 Å². The van der Waals surface area contributed by atoms with E-state index in [1.807, 2.05) is 38.1 Å². The molecule has 0 aliphatic heterocycles. The molecule has 1 amide bonds. The topological polar surface area (TPSA) is 83.5 Å². The Balaban J connectivity index is 1.64. The molecule has 0 atom stereocenters. The van der Waals surface area contributed by atoms with Crippen molar-refractivity contribution in [3.63, 3.8) is 0 Å². The monoisotopic (exact) mass is 570 g/mol. The van der Waals surface area contributed by atoms with E-state index in [0.29, 0.717) is 28.8 Å². The van der Waals surface area contributed by atoms with Crippen LogP contribution in [-0.2, 0) is 16.6 Å². The number of hydrogen-bond acceptors (Lipinski definition) is 6. The standard InChI is InChI=1S/C28H31ClN4O3S2/c1-3-5-16-32(17-6-4-2)38(35,36)24-12-9-22(10-13-24)27(34)33(20-21-8-7-15-30-19-21)28-31-25-14-11-23(29)18-26(25)37-28/h7-15,18-19H,3-6,16-17,20H2,1-2H3. The molecular formula is C28H31ClN4O3S2. The van der Waals surface area contributed by atoms with Gasteiger partial charge in [0.25, 0.3) is 5.91 Å². The van der Waals surface area contributed by atoms with Gasteiger partial charge in [-0.05, 0) is 66.9 Å². The van der Waals surface area contributed by atoms with E-state index in [1.165, 1.54) is 23.5 Å². The molecule has 0 saturated carbocycles. The highest BCUT2D eigenvalue weighted by Gasteiger charge is 2.26. The number of nitrogens with zero attached hydrogens (tertiary/aromatic N) is 4. The second-order valence-electron chi connectivity index (χ2n) is 9.00. The molecule has 0 radical (unpaired) electrons. The first-order valence-corrected chi connectivity index (χ1v) is 15.3. The molecule has 0 bridgehead atoms. The number of fused-ring (bicyclic) bond motifs is 1. The number of hydrogen-bond donors (Lipinski definition) is 0. The third-order valence-electron chi connectivity index (χ3n) is 6.14. The van der Waals surface area contributed by atoms with Crippen LogP contribution in [0.2, 0.25) is 5.02 Å². The zero-order valence-corrected chi connectivity index (χ0v) is 23.9. The summed E-state index contributed by atoms with van der Waals surface area (Å²) >= 11 is 7.54. The summed E-state index contributed by atoms with van der Waals surface area (Å²) in [5, 5.41) is 1.12. The van der Waals surface area contributed by atoms with Crippen molar-refractivity contribution >= 4 is 54.2 Å². The van der Waals surface area contributed by atoms with Crippen molar-refractivity contribution in [1.82, 2.24) is 14.3 Å². The number of pyridine rings is 1. The number of aromatic nitrogens is 2. The predicted molar refractivity (Wildman–Crippen MR) is 154 cm³/mol. The Labute approximate surface area is 233 Å². The first kappa shape index (κ1) is 28.2. The number of rotatable bonds is 12. The van der Waals surface area contributed by atoms with Crippen LogP contribution in [0.4, 0.5) is 5.13 Å². The summed E-state index contributed by atoms with van der Waals surface area (Å²) < 4.78 is 29.1. The molecule has 38 heavy (non-hydrogen) atoms. The highest BCUT2D eigenvalue weighted by Crippen LogP contribution is 2.32. The van der Waals surface area contributed by atoms with Crippen LogP contribution < -0.4 is 4.90 Å². The van der Waals surface area contributed by atoms with Gasteiger partial charge < -0.3 is 0 Å². The molecule has 200 valence electrons. The predicted octanol–water partition coefficient (Wildman–Crippen LogP) is 6.78. The van der Waals surface area contributed by atoms with Crippen LogP contribution in [0, 0.1) is 0 Å². The Kier molecular flexibility index (Phi) is 9.49. The lowest BCUT2D eigenvalue weighted by Gasteiger charge is -2.22. The second-order valence-corrected chi connectivity index (χ2v) is 12.4. The van der Waals surface area contributed by atoms with Gasteiger partial charge in [-0.15, -0.1) is 0 Å². The zero-order valence-electron chi connectivity index (χ0n) is 21.5. The largest absolute Gasteiger partial charge is 0.279 e. The molecule has 7 nitrogen and oxygen atoms in total. The number of amides is 1. The summed E-state index contributed by atoms with van der Waals surface area (Å²) in [4.78, 5) is 24.4. The van der Waals surface area contributed by atoms with E-state index in [2.05, 4.69) is 9.97 Å². The molecule has 0 spiro atoms. The third-order valence-corrected chi connectivity index (χ3v) is 9.33. The Bertz CT molecular complexity index is 1470. The number of sulfonamides is 1. The van der Waals surface area contributed by atoms with Crippen molar-refractivity contribution in [2.24, 2.45) is 0 Å². The third kappa shape index (κ3) is 6.58. The molecule has 2 aromatic carbocycles. The fraction of sp³-hybridized carbons (Fsp3) is 0.321. The summed E-state index contributed by atoms with van der Waals surface area (Å²) in [7, 11) is -3.65. The lowest BCUT2D eigenvalue weighted by atomic mass is 10.2. The van der Waals surface area contributed by atoms with Crippen LogP contribution in [0.3, 0.4) is 0 Å². The minimum Gasteiger partial charge on any atom is -0.279 e. The maximum absolute atomic E-state index is 13.8. The first-order chi connectivity index (χ1) is 18.3. The Hall–Kier alpha value is -2.85. The van der Waals surface area contributed by atoms with Crippen LogP contribution in [0.15, 0.2) is 71.9 Å². The molecule has 2 aromatic heterocycles. The SMILES string of the molecule is CCCCN(CCCC)S(=O)(=O)c1ccc(C(=O)N(Cc2cccnc2)c2nc3ccc(Cl)cc3s2)cc1. The molecular weight excluding hydrogens is 540 g/mol. The number of carbonyl (C=O) groups is 1. The highest BCUT2D eigenvalue weighted by atomic mass is 35.5. The summed E-state index contributed by atoms with van der Waals surface area (Å²) in [6.45, 7) is 5.33. The van der Waals surface area contributed by atoms with Gasteiger partial charge in [0, 0.05) is 36.1 Å². The number of carbonyl (C=O) groups excluding carboxylic acids is 1. The van der Waals surface area contributed by atoms with Crippen molar-refractivity contribution in [3.8, 4) is 0 Å². The van der Waals surface area contributed by atoms with Crippen LogP contribution in [0.25, 0.3) is 10.2 Å². The maximum atomic E-state index is 13.8. The number of benzene rings is 2. The number of halogens is 1. The van der Waals surface area contributed by atoms with Crippen molar-refractivity contribution in [3.05, 3.63) is 83.1 Å². The first-order valence-electron chi connectivity index (χ1n) is 12.7. The maximum Gasteiger partial charge on any atom is 0.260 e. The zero-order chi connectivity index (χ0) is 27.1. The van der Waals surface area contributed by atoms with Crippen LogP contribution >= 0.6 is 22.9 Å². The fourth-order valence-corrected chi connectivity index (χ4v) is 6.75. The Morgan fingerprint density at radius 1 is 1.00 bits per heavy atom. The average molecular weight is 571 g/mol. The van der Waals surface area contributed by atoms with Crippen molar-refractivity contribution < 1.29 is 13.2 Å². The molecule has 10 heteroatoms. The van der Waals surface area contributed by atoms with E-state index >= 15 is 0 Å². The summed E-state index contributed by atoms with van der Waals surface area (Å²) in [5.74, 6) is -0.281. The van der Waals surface area contributed by atoms with Gasteiger partial charge >= 0.3 is 0 Å². The lowest BCUT2D eigenvalue weighted by Crippen LogP contribution is -2.33. The molecule has 0 unspecified atom stereocenters. The smallest absolute Gasteiger partial charge is 0.260 e. The summed E-state index contributed by atoms with van der Waals surface area (Å²) in [5.41, 5.74) is 1.97. The minimum absolute atomic E-state index is 0.190. The molecule has 0 N–H and O–H groups in total. The van der Waals surface area contributed by atoms with Gasteiger partial charge in [0.05, 0.1) is 21.7 Å². The Morgan fingerprint density at radius 2 is 1.71 bits per heavy atom. The van der Waals surface area contributed by atoms with Crippen molar-refractivity contribution in [2.75, 3.05) is 18.0 Å². The van der Waals surface area contributed by atoms with Crippen LogP contribution in [0.5, 0.6) is 0 Å². The molecule has 2 heterocycles. The van der Waals surface area contributed by atoms with E-state index in [-0.39, 0.29) is 17.3 Å². The van der Waals surface area contributed by atoms with E-state index in [9.17, 15) is 13.2 Å². The molecule has 4 rings (SSSR count). The lowest BCUT2D eigenvalue weighted by molar-refractivity contribution is 0.0985. The number of unbranched alkanes of at least 4 members (excludes halogenated alkanes) is 2. The van der Waals surface area contributed by atoms with Gasteiger partial charge in [-0.25, -0.2) is 13.4 Å². The normalized spacial score (nSPS) is 11.8. The van der Waals surface area contributed by atoms with E-state index in [1.54, 1.807) is 39.8 Å². The number of thiazole rings is 1. The highest BCUT2D eigenvalue weighted by molar-refractivity contribution is 7.89. The van der Waals surface area contributed by atoms with Crippen molar-refractivity contribution in [2.45, 2.75) is 51.0 Å². The van der Waals surface area contributed by atoms with Gasteiger partial charge in [-0.3, -0.25) is 14.7 Å². The van der Waals surface area contributed by atoms with Gasteiger partial charge in [-0.1, -0.05) is 55.7 Å². The minimum atomic E-state index is -3.65. The summed E-state index contributed by atoms with van der Waals surface area (Å²) in [6.07, 6.45) is 6.82. The van der Waals surface area contributed by atoms with Crippen molar-refractivity contribution in [1.29, 1.82) is 0 Å². The van der Waals surface area contributed by atoms with Gasteiger partial charge in [0.15, 0.2) is 5.13 Å². The van der Waals surface area contributed by atoms with Crippen LogP contribution in [0.1, 0.15) is 55.5 Å². The second kappa shape index (κ2) is 12.8. The summed E-state index contributed by atoms with van der Waals surface area (Å²) in [6, 6.07) is 15.3. The number of anilines is 1. The molecule has 0 fully saturated rings.